The summed E-state index contributed by atoms with van der Waals surface area (Å²) in [5.74, 6) is 0.468. The number of methoxy groups -OCH3 is 1. The van der Waals surface area contributed by atoms with E-state index in [1.54, 1.807) is 30.2 Å². The molecule has 3 nitrogen and oxygen atoms in total. The summed E-state index contributed by atoms with van der Waals surface area (Å²) in [5, 5.41) is 0.909. The van der Waals surface area contributed by atoms with E-state index >= 15 is 0 Å². The third kappa shape index (κ3) is 2.71. The van der Waals surface area contributed by atoms with Gasteiger partial charge in [-0.1, -0.05) is 41.4 Å². The molecule has 1 heterocycles. The molecule has 3 rings (SSSR count). The van der Waals surface area contributed by atoms with Crippen molar-refractivity contribution in [3.8, 4) is 5.75 Å². The van der Waals surface area contributed by atoms with Crippen LogP contribution in [0.1, 0.15) is 18.1 Å². The Balaban J connectivity index is 2.19. The minimum atomic E-state index is -0.0353. The van der Waals surface area contributed by atoms with E-state index in [4.69, 9.17) is 27.9 Å². The molecule has 0 radical (unpaired) electrons. The predicted octanol–water partition coefficient (Wildman–Crippen LogP) is 4.91. The minimum Gasteiger partial charge on any atom is -0.495 e. The van der Waals surface area contributed by atoms with Crippen molar-refractivity contribution < 1.29 is 9.53 Å². The summed E-state index contributed by atoms with van der Waals surface area (Å²) in [6.07, 6.45) is 1.79. The number of benzene rings is 2. The quantitative estimate of drug-likeness (QED) is 0.738. The number of amides is 1. The maximum absolute atomic E-state index is 12.7. The van der Waals surface area contributed by atoms with E-state index in [-0.39, 0.29) is 5.91 Å². The Hall–Kier alpha value is -1.97. The van der Waals surface area contributed by atoms with Gasteiger partial charge in [-0.15, -0.1) is 0 Å². The van der Waals surface area contributed by atoms with Gasteiger partial charge in [-0.25, -0.2) is 0 Å². The van der Waals surface area contributed by atoms with Crippen molar-refractivity contribution in [3.63, 3.8) is 0 Å². The molecule has 0 bridgehead atoms. The van der Waals surface area contributed by atoms with Crippen LogP contribution in [0, 0.1) is 0 Å². The Kier molecular flexibility index (Phi) is 4.33. The zero-order valence-corrected chi connectivity index (χ0v) is 14.3. The number of carbonyl (C=O) groups excluding carboxylic acids is 1. The molecule has 0 saturated carbocycles. The number of likely N-dealkylation sites (N-methyl/N-ethyl adjacent to an activating group) is 1. The Morgan fingerprint density at radius 1 is 1.22 bits per heavy atom. The van der Waals surface area contributed by atoms with Crippen molar-refractivity contribution >= 4 is 46.4 Å². The number of halogens is 2. The Morgan fingerprint density at radius 2 is 1.96 bits per heavy atom. The predicted molar refractivity (Wildman–Crippen MR) is 95.4 cm³/mol. The van der Waals surface area contributed by atoms with Gasteiger partial charge < -0.3 is 9.64 Å². The van der Waals surface area contributed by atoms with Gasteiger partial charge in [-0.05, 0) is 31.2 Å². The summed E-state index contributed by atoms with van der Waals surface area (Å²) < 4.78 is 5.36. The molecule has 0 spiro atoms. The fraction of sp³-hybridized carbons (Fsp3) is 0.167. The normalized spacial score (nSPS) is 15.2. The summed E-state index contributed by atoms with van der Waals surface area (Å²) in [5.41, 5.74) is 3.11. The van der Waals surface area contributed by atoms with Crippen LogP contribution >= 0.6 is 23.2 Å². The van der Waals surface area contributed by atoms with Crippen molar-refractivity contribution in [2.75, 3.05) is 18.6 Å². The van der Waals surface area contributed by atoms with Crippen LogP contribution < -0.4 is 9.64 Å². The lowest BCUT2D eigenvalue weighted by Crippen LogP contribution is -2.25. The number of hydrogen-bond donors (Lipinski definition) is 0. The van der Waals surface area contributed by atoms with Gasteiger partial charge in [0, 0.05) is 28.3 Å². The van der Waals surface area contributed by atoms with E-state index in [9.17, 15) is 4.79 Å². The molecule has 0 N–H and O–H groups in total. The molecule has 0 fully saturated rings. The summed E-state index contributed by atoms with van der Waals surface area (Å²) in [6.45, 7) is 2.56. The van der Waals surface area contributed by atoms with Crippen LogP contribution in [0.5, 0.6) is 5.75 Å². The first-order valence-electron chi connectivity index (χ1n) is 7.22. The van der Waals surface area contributed by atoms with Crippen molar-refractivity contribution in [1.82, 2.24) is 0 Å². The van der Waals surface area contributed by atoms with Crippen LogP contribution in [0.2, 0.25) is 10.0 Å². The number of anilines is 1. The SMILES string of the molecule is CCN1C(=O)/C(=C\c2cc(Cl)cc(Cl)c2OC)c2ccccc21. The second kappa shape index (κ2) is 6.26. The number of fused-ring (bicyclic) bond motifs is 1. The molecule has 0 atom stereocenters. The average molecular weight is 348 g/mol. The fourth-order valence-electron chi connectivity index (χ4n) is 2.82. The van der Waals surface area contributed by atoms with E-state index in [0.717, 1.165) is 11.3 Å². The third-order valence-corrected chi connectivity index (χ3v) is 4.32. The maximum Gasteiger partial charge on any atom is 0.258 e. The van der Waals surface area contributed by atoms with Gasteiger partial charge in [0.15, 0.2) is 0 Å². The maximum atomic E-state index is 12.7. The van der Waals surface area contributed by atoms with E-state index in [2.05, 4.69) is 0 Å². The van der Waals surface area contributed by atoms with Gasteiger partial charge in [0.2, 0.25) is 0 Å². The molecule has 0 aliphatic carbocycles. The molecule has 0 saturated heterocycles. The zero-order valence-electron chi connectivity index (χ0n) is 12.8. The molecule has 1 amide bonds. The zero-order chi connectivity index (χ0) is 16.6. The van der Waals surface area contributed by atoms with Gasteiger partial charge >= 0.3 is 0 Å². The standard InChI is InChI=1S/C18H15Cl2NO2/c1-3-21-16-7-5-4-6-13(16)14(18(21)22)9-11-8-12(19)10-15(20)17(11)23-2/h4-10H,3H2,1-2H3/b14-9-. The highest BCUT2D eigenvalue weighted by molar-refractivity contribution is 6.38. The van der Waals surface area contributed by atoms with E-state index in [0.29, 0.717) is 33.5 Å². The van der Waals surface area contributed by atoms with Crippen LogP contribution in [-0.4, -0.2) is 19.6 Å². The van der Waals surface area contributed by atoms with E-state index in [1.807, 2.05) is 31.2 Å². The van der Waals surface area contributed by atoms with Gasteiger partial charge in [-0.2, -0.15) is 0 Å². The molecule has 1 aliphatic heterocycles. The first-order chi connectivity index (χ1) is 11.1. The molecule has 0 aromatic heterocycles. The molecule has 2 aromatic carbocycles. The Bertz CT molecular complexity index is 815. The molecule has 23 heavy (non-hydrogen) atoms. The van der Waals surface area contributed by atoms with Crippen LogP contribution in [0.25, 0.3) is 11.6 Å². The lowest BCUT2D eigenvalue weighted by Gasteiger charge is -2.13. The van der Waals surface area contributed by atoms with Crippen LogP contribution in [0.3, 0.4) is 0 Å². The number of hydrogen-bond acceptors (Lipinski definition) is 2. The number of rotatable bonds is 3. The molecule has 0 unspecified atom stereocenters. The van der Waals surface area contributed by atoms with E-state index in [1.165, 1.54) is 0 Å². The van der Waals surface area contributed by atoms with Crippen LogP contribution in [0.4, 0.5) is 5.69 Å². The highest BCUT2D eigenvalue weighted by Gasteiger charge is 2.31. The number of para-hydroxylation sites is 1. The monoisotopic (exact) mass is 347 g/mol. The average Bonchev–Trinajstić information content (AvgIpc) is 2.79. The lowest BCUT2D eigenvalue weighted by atomic mass is 10.0. The summed E-state index contributed by atoms with van der Waals surface area (Å²) in [4.78, 5) is 14.5. The van der Waals surface area contributed by atoms with E-state index < -0.39 is 0 Å². The van der Waals surface area contributed by atoms with Gasteiger partial charge in [-0.3, -0.25) is 4.79 Å². The summed E-state index contributed by atoms with van der Waals surface area (Å²) >= 11 is 12.3. The highest BCUT2D eigenvalue weighted by atomic mass is 35.5. The Morgan fingerprint density at radius 3 is 2.65 bits per heavy atom. The molecule has 5 heteroatoms. The summed E-state index contributed by atoms with van der Waals surface area (Å²) in [7, 11) is 1.54. The molecular formula is C18H15Cl2NO2. The van der Waals surface area contributed by atoms with Crippen molar-refractivity contribution in [1.29, 1.82) is 0 Å². The highest BCUT2D eigenvalue weighted by Crippen LogP contribution is 2.40. The fourth-order valence-corrected chi connectivity index (χ4v) is 3.40. The van der Waals surface area contributed by atoms with Gasteiger partial charge in [0.25, 0.3) is 5.91 Å². The number of ether oxygens (including phenoxy) is 1. The van der Waals surface area contributed by atoms with Crippen molar-refractivity contribution in [2.45, 2.75) is 6.92 Å². The van der Waals surface area contributed by atoms with Crippen LogP contribution in [0.15, 0.2) is 36.4 Å². The number of nitrogens with zero attached hydrogens (tertiary/aromatic N) is 1. The topological polar surface area (TPSA) is 29.5 Å². The molecular weight excluding hydrogens is 333 g/mol. The lowest BCUT2D eigenvalue weighted by molar-refractivity contribution is -0.112. The Labute approximate surface area is 145 Å². The largest absolute Gasteiger partial charge is 0.495 e. The van der Waals surface area contributed by atoms with Gasteiger partial charge in [0.05, 0.1) is 17.8 Å². The second-order valence-electron chi connectivity index (χ2n) is 5.13. The summed E-state index contributed by atoms with van der Waals surface area (Å²) in [6, 6.07) is 11.1. The van der Waals surface area contributed by atoms with Gasteiger partial charge in [0.1, 0.15) is 5.75 Å². The molecule has 2 aromatic rings. The molecule has 118 valence electrons. The van der Waals surface area contributed by atoms with Crippen molar-refractivity contribution in [3.05, 3.63) is 57.6 Å². The first-order valence-corrected chi connectivity index (χ1v) is 7.98. The first kappa shape index (κ1) is 15.9. The number of carbonyl (C=O) groups is 1. The third-order valence-electron chi connectivity index (χ3n) is 3.82. The van der Waals surface area contributed by atoms with Crippen molar-refractivity contribution in [2.24, 2.45) is 0 Å². The second-order valence-corrected chi connectivity index (χ2v) is 5.98. The minimum absolute atomic E-state index is 0.0353. The van der Waals surface area contributed by atoms with Crippen LogP contribution in [-0.2, 0) is 4.79 Å². The smallest absolute Gasteiger partial charge is 0.258 e. The molecule has 1 aliphatic rings.